The second-order valence-electron chi connectivity index (χ2n) is 5.05. The molecular formula is C14H16N4O2. The summed E-state index contributed by atoms with van der Waals surface area (Å²) in [5.41, 5.74) is 1.03. The average molecular weight is 272 g/mol. The van der Waals surface area contributed by atoms with Crippen molar-refractivity contribution in [2.24, 2.45) is 0 Å². The quantitative estimate of drug-likeness (QED) is 0.918. The van der Waals surface area contributed by atoms with Crippen molar-refractivity contribution in [1.29, 1.82) is 0 Å². The summed E-state index contributed by atoms with van der Waals surface area (Å²) in [6.45, 7) is 2.05. The van der Waals surface area contributed by atoms with Gasteiger partial charge in [-0.25, -0.2) is 0 Å². The van der Waals surface area contributed by atoms with Crippen LogP contribution in [0, 0.1) is 0 Å². The zero-order valence-electron chi connectivity index (χ0n) is 11.3. The molecule has 0 atom stereocenters. The summed E-state index contributed by atoms with van der Waals surface area (Å²) < 4.78 is 4.79. The highest BCUT2D eigenvalue weighted by molar-refractivity contribution is 5.93. The molecule has 0 radical (unpaired) electrons. The second kappa shape index (κ2) is 5.03. The van der Waals surface area contributed by atoms with E-state index >= 15 is 0 Å². The number of rotatable bonds is 4. The Balaban J connectivity index is 1.81. The maximum absolute atomic E-state index is 12.4. The van der Waals surface area contributed by atoms with Crippen LogP contribution in [-0.4, -0.2) is 21.0 Å². The van der Waals surface area contributed by atoms with E-state index in [-0.39, 0.29) is 5.91 Å². The van der Waals surface area contributed by atoms with Gasteiger partial charge in [0.2, 0.25) is 6.39 Å². The molecule has 104 valence electrons. The number of hydrogen-bond acceptors (Lipinski definition) is 5. The fourth-order valence-corrected chi connectivity index (χ4v) is 2.42. The molecule has 0 saturated heterocycles. The van der Waals surface area contributed by atoms with Crippen molar-refractivity contribution in [3.8, 4) is 0 Å². The summed E-state index contributed by atoms with van der Waals surface area (Å²) in [5.74, 6) is 0.355. The van der Waals surface area contributed by atoms with Crippen molar-refractivity contribution in [3.63, 3.8) is 0 Å². The molecule has 20 heavy (non-hydrogen) atoms. The van der Waals surface area contributed by atoms with Crippen LogP contribution < -0.4 is 5.32 Å². The topological polar surface area (TPSA) is 80.9 Å². The van der Waals surface area contributed by atoms with Gasteiger partial charge in [0, 0.05) is 6.20 Å². The second-order valence-corrected chi connectivity index (χ2v) is 5.05. The average Bonchev–Trinajstić information content (AvgIpc) is 2.97. The molecule has 0 bridgehead atoms. The Labute approximate surface area is 116 Å². The number of nitrogens with one attached hydrogen (secondary N) is 1. The van der Waals surface area contributed by atoms with E-state index in [4.69, 9.17) is 4.52 Å². The van der Waals surface area contributed by atoms with Crippen molar-refractivity contribution in [3.05, 3.63) is 41.8 Å². The molecule has 1 aliphatic carbocycles. The maximum atomic E-state index is 12.4. The first kappa shape index (κ1) is 12.8. The van der Waals surface area contributed by atoms with Crippen molar-refractivity contribution >= 4 is 5.91 Å². The fraction of sp³-hybridized carbons (Fsp3) is 0.429. The monoisotopic (exact) mass is 272 g/mol. The smallest absolute Gasteiger partial charge is 0.270 e. The standard InChI is InChI=1S/C14H16N4O2/c1-2-10-4-7-15-11(8-10)12(19)17-14(5-3-6-14)13-16-9-20-18-13/h4,7-9H,2-3,5-6H2,1H3,(H,17,19). The van der Waals surface area contributed by atoms with Crippen LogP contribution in [0.1, 0.15) is 48.1 Å². The van der Waals surface area contributed by atoms with Crippen LogP contribution >= 0.6 is 0 Å². The van der Waals surface area contributed by atoms with Crippen LogP contribution in [0.4, 0.5) is 0 Å². The molecule has 3 rings (SSSR count). The van der Waals surface area contributed by atoms with Crippen molar-refractivity contribution in [2.45, 2.75) is 38.1 Å². The normalized spacial score (nSPS) is 16.4. The van der Waals surface area contributed by atoms with E-state index in [2.05, 4.69) is 20.4 Å². The number of nitrogens with zero attached hydrogens (tertiary/aromatic N) is 3. The van der Waals surface area contributed by atoms with Gasteiger partial charge in [-0.15, -0.1) is 0 Å². The zero-order valence-corrected chi connectivity index (χ0v) is 11.3. The predicted octanol–water partition coefficient (Wildman–Crippen LogP) is 1.84. The summed E-state index contributed by atoms with van der Waals surface area (Å²) in [7, 11) is 0. The lowest BCUT2D eigenvalue weighted by Gasteiger charge is -2.39. The molecule has 1 N–H and O–H groups in total. The van der Waals surface area contributed by atoms with E-state index in [1.807, 2.05) is 19.1 Å². The van der Waals surface area contributed by atoms with Gasteiger partial charge in [-0.2, -0.15) is 4.98 Å². The lowest BCUT2D eigenvalue weighted by molar-refractivity contribution is 0.0799. The van der Waals surface area contributed by atoms with E-state index in [9.17, 15) is 4.79 Å². The van der Waals surface area contributed by atoms with Crippen LogP contribution in [0.5, 0.6) is 0 Å². The summed E-state index contributed by atoms with van der Waals surface area (Å²) in [4.78, 5) is 20.6. The van der Waals surface area contributed by atoms with E-state index in [0.717, 1.165) is 31.2 Å². The summed E-state index contributed by atoms with van der Waals surface area (Å²) >= 11 is 0. The third-order valence-electron chi connectivity index (χ3n) is 3.81. The van der Waals surface area contributed by atoms with Gasteiger partial charge < -0.3 is 9.84 Å². The van der Waals surface area contributed by atoms with E-state index < -0.39 is 5.54 Å². The Morgan fingerprint density at radius 2 is 2.30 bits per heavy atom. The molecular weight excluding hydrogens is 256 g/mol. The number of carbonyl (C=O) groups excluding carboxylic acids is 1. The summed E-state index contributed by atoms with van der Waals surface area (Å²) in [5, 5.41) is 6.88. The van der Waals surface area contributed by atoms with Crippen LogP contribution in [-0.2, 0) is 12.0 Å². The number of carbonyl (C=O) groups is 1. The van der Waals surface area contributed by atoms with Gasteiger partial charge in [0.25, 0.3) is 5.91 Å². The lowest BCUT2D eigenvalue weighted by atomic mass is 9.76. The Hall–Kier alpha value is -2.24. The first-order valence-corrected chi connectivity index (χ1v) is 6.78. The SMILES string of the molecule is CCc1ccnc(C(=O)NC2(c3ncon3)CCC2)c1. The van der Waals surface area contributed by atoms with Crippen LogP contribution in [0.25, 0.3) is 0 Å². The van der Waals surface area contributed by atoms with Gasteiger partial charge in [0.05, 0.1) is 0 Å². The molecule has 1 saturated carbocycles. The molecule has 0 aliphatic heterocycles. The van der Waals surface area contributed by atoms with E-state index in [0.29, 0.717) is 11.5 Å². The number of amides is 1. The molecule has 1 amide bonds. The zero-order chi connectivity index (χ0) is 14.0. The molecule has 6 nitrogen and oxygen atoms in total. The molecule has 0 aromatic carbocycles. The number of aryl methyl sites for hydroxylation is 1. The molecule has 0 spiro atoms. The van der Waals surface area contributed by atoms with Crippen LogP contribution in [0.3, 0.4) is 0 Å². The maximum Gasteiger partial charge on any atom is 0.270 e. The van der Waals surface area contributed by atoms with Gasteiger partial charge in [-0.1, -0.05) is 12.1 Å². The number of pyridine rings is 1. The third-order valence-corrected chi connectivity index (χ3v) is 3.81. The minimum Gasteiger partial charge on any atom is -0.343 e. The molecule has 1 fully saturated rings. The lowest BCUT2D eigenvalue weighted by Crippen LogP contribution is -2.51. The molecule has 1 aliphatic rings. The molecule has 2 heterocycles. The highest BCUT2D eigenvalue weighted by Crippen LogP contribution is 2.39. The van der Waals surface area contributed by atoms with Gasteiger partial charge in [-0.3, -0.25) is 9.78 Å². The molecule has 2 aromatic heterocycles. The van der Waals surface area contributed by atoms with Crippen molar-refractivity contribution in [1.82, 2.24) is 20.4 Å². The van der Waals surface area contributed by atoms with Crippen molar-refractivity contribution in [2.75, 3.05) is 0 Å². The largest absolute Gasteiger partial charge is 0.343 e. The summed E-state index contributed by atoms with van der Waals surface area (Å²) in [6.07, 6.45) is 6.51. The number of hydrogen-bond donors (Lipinski definition) is 1. The van der Waals surface area contributed by atoms with Crippen molar-refractivity contribution < 1.29 is 9.32 Å². The minimum absolute atomic E-state index is 0.190. The van der Waals surface area contributed by atoms with E-state index in [1.165, 1.54) is 6.39 Å². The van der Waals surface area contributed by atoms with Gasteiger partial charge in [0.1, 0.15) is 11.2 Å². The summed E-state index contributed by atoms with van der Waals surface area (Å²) in [6, 6.07) is 3.73. The Morgan fingerprint density at radius 1 is 1.45 bits per heavy atom. The predicted molar refractivity (Wildman–Crippen MR) is 70.9 cm³/mol. The first-order valence-electron chi connectivity index (χ1n) is 6.78. The molecule has 2 aromatic rings. The van der Waals surface area contributed by atoms with Gasteiger partial charge in [0.15, 0.2) is 5.82 Å². The fourth-order valence-electron chi connectivity index (χ4n) is 2.42. The third kappa shape index (κ3) is 2.17. The highest BCUT2D eigenvalue weighted by atomic mass is 16.5. The first-order chi connectivity index (χ1) is 9.73. The molecule has 0 unspecified atom stereocenters. The minimum atomic E-state index is -0.492. The highest BCUT2D eigenvalue weighted by Gasteiger charge is 2.44. The van der Waals surface area contributed by atoms with E-state index in [1.54, 1.807) is 6.20 Å². The Morgan fingerprint density at radius 3 is 2.90 bits per heavy atom. The van der Waals surface area contributed by atoms with Crippen LogP contribution in [0.2, 0.25) is 0 Å². The van der Waals surface area contributed by atoms with Gasteiger partial charge in [-0.05, 0) is 43.4 Å². The Kier molecular flexibility index (Phi) is 3.22. The van der Waals surface area contributed by atoms with Crippen LogP contribution in [0.15, 0.2) is 29.2 Å². The molecule has 6 heteroatoms. The van der Waals surface area contributed by atoms with Gasteiger partial charge >= 0.3 is 0 Å². The number of aromatic nitrogens is 3. The Bertz CT molecular complexity index is 605.